The van der Waals surface area contributed by atoms with Crippen LogP contribution in [0.15, 0.2) is 19.6 Å². The lowest BCUT2D eigenvalue weighted by molar-refractivity contribution is -0.121. The summed E-state index contributed by atoms with van der Waals surface area (Å²) in [6.07, 6.45) is 0.382. The summed E-state index contributed by atoms with van der Waals surface area (Å²) in [6.45, 7) is 4.19. The number of hydrogen-bond donors (Lipinski definition) is 6. The molecule has 1 aromatic carbocycles. The molecule has 3 N–H and O–H groups in total. The highest BCUT2D eigenvalue weighted by Gasteiger charge is 2.53. The minimum Gasteiger partial charge on any atom is -0.368 e. The molecule has 29 heavy (non-hydrogen) atoms. The van der Waals surface area contributed by atoms with E-state index in [1.54, 1.807) is 0 Å². The van der Waals surface area contributed by atoms with Crippen LogP contribution < -0.4 is 16.0 Å². The highest BCUT2D eigenvalue weighted by molar-refractivity contribution is 7.91. The molecule has 0 saturated carbocycles. The van der Waals surface area contributed by atoms with Gasteiger partial charge in [0.2, 0.25) is 15.9 Å². The summed E-state index contributed by atoms with van der Waals surface area (Å²) in [5.74, 6) is -0.769. The summed E-state index contributed by atoms with van der Waals surface area (Å²) in [5.41, 5.74) is 7.27. The quantitative estimate of drug-likeness (QED) is 0.354. The van der Waals surface area contributed by atoms with Crippen LogP contribution in [-0.4, -0.2) is 62.6 Å². The number of sulfonamides is 1. The maximum Gasteiger partial charge on any atom is 0.240 e. The lowest BCUT2D eigenvalue weighted by Crippen LogP contribution is -2.62. The third-order valence-corrected chi connectivity index (χ3v) is 10.8. The third kappa shape index (κ3) is 3.90. The lowest BCUT2D eigenvalue weighted by atomic mass is 9.96. The molecule has 0 aromatic heterocycles. The molecule has 1 aromatic rings. The van der Waals surface area contributed by atoms with E-state index in [0.29, 0.717) is 36.0 Å². The molecule has 2 aliphatic rings. The van der Waals surface area contributed by atoms with E-state index >= 15 is 0 Å². The maximum absolute atomic E-state index is 13.4. The van der Waals surface area contributed by atoms with E-state index in [9.17, 15) is 13.2 Å². The summed E-state index contributed by atoms with van der Waals surface area (Å²) in [7, 11) is -3.87. The molecule has 0 aliphatic carbocycles. The first-order chi connectivity index (χ1) is 13.5. The zero-order valence-corrected chi connectivity index (χ0v) is 20.4. The second kappa shape index (κ2) is 8.71. The smallest absolute Gasteiger partial charge is 0.240 e. The fraction of sp³-hybridized carbons (Fsp3) is 0.588. The van der Waals surface area contributed by atoms with Gasteiger partial charge in [-0.1, -0.05) is 0 Å². The summed E-state index contributed by atoms with van der Waals surface area (Å²) in [4.78, 5) is 17.1. The number of amides is 1. The Kier molecular flexibility index (Phi) is 7.04. The van der Waals surface area contributed by atoms with E-state index in [-0.39, 0.29) is 25.9 Å². The number of nitrogens with zero attached hydrogens (tertiary/aromatic N) is 2. The molecular weight excluding hydrogens is 469 g/mol. The van der Waals surface area contributed by atoms with Crippen molar-refractivity contribution in [3.8, 4) is 0 Å². The predicted molar refractivity (Wildman–Crippen MR) is 127 cm³/mol. The van der Waals surface area contributed by atoms with E-state index in [2.05, 4.69) is 55.8 Å². The Morgan fingerprint density at radius 3 is 1.90 bits per heavy atom. The van der Waals surface area contributed by atoms with Gasteiger partial charge in [0.25, 0.3) is 0 Å². The fourth-order valence-electron chi connectivity index (χ4n) is 3.96. The summed E-state index contributed by atoms with van der Waals surface area (Å²) in [6, 6.07) is 0. The summed E-state index contributed by atoms with van der Waals surface area (Å²) in [5, 5.41) is 3.10. The van der Waals surface area contributed by atoms with Gasteiger partial charge in [-0.25, -0.2) is 8.42 Å². The number of carbonyl (C=O) groups is 1. The Hall–Kier alpha value is -0.240. The Bertz CT molecular complexity index is 894. The monoisotopic (exact) mass is 494 g/mol. The molecule has 12 heteroatoms. The van der Waals surface area contributed by atoms with Crippen LogP contribution in [0.25, 0.3) is 0 Å². The van der Waals surface area contributed by atoms with Crippen LogP contribution in [0.1, 0.15) is 18.4 Å². The second-order valence-electron chi connectivity index (χ2n) is 7.37. The Morgan fingerprint density at radius 1 is 0.966 bits per heavy atom. The van der Waals surface area contributed by atoms with Gasteiger partial charge >= 0.3 is 0 Å². The number of rotatable bonds is 4. The van der Waals surface area contributed by atoms with Crippen LogP contribution in [0.5, 0.6) is 0 Å². The van der Waals surface area contributed by atoms with Crippen molar-refractivity contribution in [2.75, 3.05) is 44.2 Å². The van der Waals surface area contributed by atoms with Crippen LogP contribution >= 0.6 is 50.5 Å². The molecular formula is C17H26N4O3S5. The number of piperidine rings is 1. The van der Waals surface area contributed by atoms with Crippen LogP contribution in [-0.2, 0) is 14.8 Å². The number of hydrogen-bond acceptors (Lipinski definition) is 9. The Labute approximate surface area is 193 Å². The number of anilines is 1. The highest BCUT2D eigenvalue weighted by atomic mass is 32.2. The molecule has 2 heterocycles. The molecule has 0 atom stereocenters. The van der Waals surface area contributed by atoms with E-state index in [1.807, 2.05) is 11.8 Å². The first-order valence-electron chi connectivity index (χ1n) is 9.26. The average molecular weight is 495 g/mol. The zero-order chi connectivity index (χ0) is 21.6. The molecule has 2 saturated heterocycles. The number of benzene rings is 1. The van der Waals surface area contributed by atoms with E-state index in [0.717, 1.165) is 21.0 Å². The standard InChI is InChI=1S/C17H26N4O3S5/c1-10-12(25)14(27)11(15(28)13(10)26)20-6-8-21(9-7-20)29(23,24)17(16(18)22)2-4-19-5-3-17/h19,25-28H,2-9H2,1H3,(H2,18,22). The SMILES string of the molecule is Cc1c(S)c(S)c(N2CCN(S(=O)(=O)C3(C(N)=O)CCNCC3)CC2)c(S)c1S. The molecule has 0 spiro atoms. The van der Waals surface area contributed by atoms with Crippen molar-refractivity contribution < 1.29 is 13.2 Å². The van der Waals surface area contributed by atoms with Crippen LogP contribution in [0.4, 0.5) is 5.69 Å². The summed E-state index contributed by atoms with van der Waals surface area (Å²) < 4.78 is 26.6. The van der Waals surface area contributed by atoms with Crippen molar-refractivity contribution in [2.24, 2.45) is 5.73 Å². The minimum atomic E-state index is -3.87. The molecule has 0 radical (unpaired) electrons. The van der Waals surface area contributed by atoms with Gasteiger partial charge in [-0.05, 0) is 38.4 Å². The molecule has 162 valence electrons. The minimum absolute atomic E-state index is 0.191. The average Bonchev–Trinajstić information content (AvgIpc) is 2.71. The van der Waals surface area contributed by atoms with Crippen LogP contribution in [0.3, 0.4) is 0 Å². The highest BCUT2D eigenvalue weighted by Crippen LogP contribution is 2.43. The molecule has 1 amide bonds. The molecule has 0 unspecified atom stereocenters. The number of nitrogens with two attached hydrogens (primary N) is 1. The number of piperazine rings is 1. The van der Waals surface area contributed by atoms with Crippen molar-refractivity contribution in [3.63, 3.8) is 0 Å². The molecule has 2 fully saturated rings. The topological polar surface area (TPSA) is 95.7 Å². The number of thiol groups is 4. The third-order valence-electron chi connectivity index (χ3n) is 5.86. The number of primary amides is 1. The van der Waals surface area contributed by atoms with Gasteiger partial charge in [0.05, 0.1) is 5.69 Å². The molecule has 2 aliphatic heterocycles. The van der Waals surface area contributed by atoms with Gasteiger partial charge in [-0.3, -0.25) is 4.79 Å². The van der Waals surface area contributed by atoms with Gasteiger partial charge < -0.3 is 16.0 Å². The largest absolute Gasteiger partial charge is 0.368 e. The Balaban J connectivity index is 1.85. The van der Waals surface area contributed by atoms with Crippen molar-refractivity contribution in [3.05, 3.63) is 5.56 Å². The molecule has 0 bridgehead atoms. The second-order valence-corrected chi connectivity index (χ2v) is 11.4. The van der Waals surface area contributed by atoms with Crippen molar-refractivity contribution in [1.82, 2.24) is 9.62 Å². The van der Waals surface area contributed by atoms with Crippen LogP contribution in [0, 0.1) is 6.92 Å². The van der Waals surface area contributed by atoms with Gasteiger partial charge in [0.15, 0.2) is 4.75 Å². The van der Waals surface area contributed by atoms with E-state index in [1.165, 1.54) is 4.31 Å². The van der Waals surface area contributed by atoms with Crippen molar-refractivity contribution in [2.45, 2.75) is 44.1 Å². The molecule has 7 nitrogen and oxygen atoms in total. The van der Waals surface area contributed by atoms with Gasteiger partial charge in [0.1, 0.15) is 0 Å². The van der Waals surface area contributed by atoms with Crippen molar-refractivity contribution >= 4 is 72.1 Å². The van der Waals surface area contributed by atoms with Gasteiger partial charge in [-0.15, -0.1) is 50.5 Å². The number of carbonyl (C=O) groups excluding carboxylic acids is 1. The van der Waals surface area contributed by atoms with E-state index < -0.39 is 20.7 Å². The Morgan fingerprint density at radius 2 is 1.45 bits per heavy atom. The summed E-state index contributed by atoms with van der Waals surface area (Å²) >= 11 is 18.3. The zero-order valence-electron chi connectivity index (χ0n) is 16.1. The van der Waals surface area contributed by atoms with Gasteiger partial charge in [0, 0.05) is 45.8 Å². The maximum atomic E-state index is 13.4. The van der Waals surface area contributed by atoms with Crippen molar-refractivity contribution in [1.29, 1.82) is 0 Å². The number of nitrogens with one attached hydrogen (secondary N) is 1. The first-order valence-corrected chi connectivity index (χ1v) is 12.5. The van der Waals surface area contributed by atoms with E-state index in [4.69, 9.17) is 5.73 Å². The first kappa shape index (κ1) is 23.4. The van der Waals surface area contributed by atoms with Gasteiger partial charge in [-0.2, -0.15) is 4.31 Å². The fourth-order valence-corrected chi connectivity index (χ4v) is 7.53. The lowest BCUT2D eigenvalue weighted by Gasteiger charge is -2.42. The molecule has 3 rings (SSSR count). The predicted octanol–water partition coefficient (Wildman–Crippen LogP) is 1.21. The normalized spacial score (nSPS) is 20.7. The van der Waals surface area contributed by atoms with Crippen LogP contribution in [0.2, 0.25) is 0 Å².